The van der Waals surface area contributed by atoms with Crippen LogP contribution in [0.2, 0.25) is 0 Å². The van der Waals surface area contributed by atoms with E-state index in [1.165, 1.54) is 22.9 Å². The van der Waals surface area contributed by atoms with Crippen molar-refractivity contribution in [3.05, 3.63) is 98.9 Å². The summed E-state index contributed by atoms with van der Waals surface area (Å²) in [6.07, 6.45) is 2.87. The summed E-state index contributed by atoms with van der Waals surface area (Å²) in [6, 6.07) is 20.9. The number of carbonyl (C=O) groups is 2. The molecule has 2 aromatic carbocycles. The maximum atomic E-state index is 13.5. The molecule has 1 aromatic heterocycles. The molecule has 8 heteroatoms. The molecule has 1 atom stereocenters. The molecule has 6 nitrogen and oxygen atoms in total. The Bertz CT molecular complexity index is 1250. The fourth-order valence-electron chi connectivity index (χ4n) is 3.61. The van der Waals surface area contributed by atoms with Crippen LogP contribution in [0.5, 0.6) is 0 Å². The molecule has 0 bridgehead atoms. The van der Waals surface area contributed by atoms with Crippen LogP contribution in [0, 0.1) is 11.3 Å². The number of furan rings is 1. The Balaban J connectivity index is 1.67. The zero-order valence-electron chi connectivity index (χ0n) is 18.5. The maximum Gasteiger partial charge on any atom is 0.265 e. The Morgan fingerprint density at radius 2 is 1.85 bits per heavy atom. The summed E-state index contributed by atoms with van der Waals surface area (Å²) < 4.78 is 6.22. The minimum absolute atomic E-state index is 0.0946. The lowest BCUT2D eigenvalue weighted by Crippen LogP contribution is -2.32. The third-order valence-corrected chi connectivity index (χ3v) is 7.24. The van der Waals surface area contributed by atoms with Crippen molar-refractivity contribution in [1.82, 2.24) is 5.32 Å². The van der Waals surface area contributed by atoms with Gasteiger partial charge in [-0.2, -0.15) is 5.26 Å². The van der Waals surface area contributed by atoms with E-state index in [0.29, 0.717) is 22.9 Å². The predicted octanol–water partition coefficient (Wildman–Crippen LogP) is 5.35. The molecule has 1 N–H and O–H groups in total. The van der Waals surface area contributed by atoms with E-state index < -0.39 is 11.2 Å². The predicted molar refractivity (Wildman–Crippen MR) is 136 cm³/mol. The van der Waals surface area contributed by atoms with Gasteiger partial charge in [0.05, 0.1) is 18.1 Å². The molecule has 1 saturated heterocycles. The van der Waals surface area contributed by atoms with E-state index in [4.69, 9.17) is 4.42 Å². The molecule has 34 heavy (non-hydrogen) atoms. The van der Waals surface area contributed by atoms with Gasteiger partial charge in [-0.1, -0.05) is 58.9 Å². The third kappa shape index (κ3) is 5.27. The number of amides is 2. The highest BCUT2D eigenvalue weighted by atomic mass is 79.9. The Kier molecular flexibility index (Phi) is 7.56. The summed E-state index contributed by atoms with van der Waals surface area (Å²) in [6.45, 7) is 2.21. The van der Waals surface area contributed by atoms with Crippen LogP contribution in [0.1, 0.15) is 23.8 Å². The highest BCUT2D eigenvalue weighted by Gasteiger charge is 2.40. The molecule has 2 heterocycles. The number of carbonyl (C=O) groups excluding carboxylic acids is 2. The van der Waals surface area contributed by atoms with Crippen molar-refractivity contribution < 1.29 is 14.0 Å². The van der Waals surface area contributed by atoms with Crippen molar-refractivity contribution in [2.45, 2.75) is 31.6 Å². The molecular formula is C26H22BrN3O3S. The first-order valence-corrected chi connectivity index (χ1v) is 12.5. The van der Waals surface area contributed by atoms with Crippen LogP contribution in [0.25, 0.3) is 0 Å². The number of rotatable bonds is 7. The topological polar surface area (TPSA) is 86.3 Å². The van der Waals surface area contributed by atoms with Crippen LogP contribution >= 0.6 is 27.7 Å². The molecule has 1 fully saturated rings. The van der Waals surface area contributed by atoms with Gasteiger partial charge in [0.15, 0.2) is 0 Å². The summed E-state index contributed by atoms with van der Waals surface area (Å²) in [5.74, 6) is -0.127. The van der Waals surface area contributed by atoms with Crippen LogP contribution < -0.4 is 10.2 Å². The monoisotopic (exact) mass is 535 g/mol. The Hall–Kier alpha value is -3.28. The van der Waals surface area contributed by atoms with Crippen LogP contribution in [-0.2, 0) is 29.0 Å². The molecule has 2 amide bonds. The highest BCUT2D eigenvalue weighted by molar-refractivity contribution is 9.10. The molecule has 4 rings (SSSR count). The zero-order chi connectivity index (χ0) is 24.1. The molecular weight excluding hydrogens is 514 g/mol. The summed E-state index contributed by atoms with van der Waals surface area (Å²) in [7, 11) is 0. The number of nitrogens with one attached hydrogen (secondary N) is 1. The van der Waals surface area contributed by atoms with Gasteiger partial charge in [0.25, 0.3) is 5.91 Å². The van der Waals surface area contributed by atoms with Crippen LogP contribution in [0.4, 0.5) is 5.69 Å². The molecule has 0 saturated carbocycles. The largest absolute Gasteiger partial charge is 0.467 e. The zero-order valence-corrected chi connectivity index (χ0v) is 20.9. The lowest BCUT2D eigenvalue weighted by molar-refractivity contribution is -0.117. The average molecular weight is 536 g/mol. The molecule has 1 aliphatic rings. The van der Waals surface area contributed by atoms with Crippen molar-refractivity contribution in [2.24, 2.45) is 0 Å². The summed E-state index contributed by atoms with van der Waals surface area (Å²) >= 11 is 4.68. The van der Waals surface area contributed by atoms with Crippen molar-refractivity contribution in [1.29, 1.82) is 5.26 Å². The van der Waals surface area contributed by atoms with E-state index in [2.05, 4.69) is 28.2 Å². The third-order valence-electron chi connectivity index (χ3n) is 5.45. The van der Waals surface area contributed by atoms with Gasteiger partial charge in [0.2, 0.25) is 5.91 Å². The number of benzene rings is 2. The number of hydrogen-bond donors (Lipinski definition) is 1. The number of aryl methyl sites for hydroxylation is 1. The first-order chi connectivity index (χ1) is 16.5. The van der Waals surface area contributed by atoms with Gasteiger partial charge >= 0.3 is 0 Å². The number of anilines is 1. The van der Waals surface area contributed by atoms with E-state index in [1.54, 1.807) is 12.1 Å². The first kappa shape index (κ1) is 23.9. The molecule has 3 aromatic rings. The summed E-state index contributed by atoms with van der Waals surface area (Å²) in [4.78, 5) is 28.0. The molecule has 0 spiro atoms. The van der Waals surface area contributed by atoms with Gasteiger partial charge in [-0.3, -0.25) is 14.5 Å². The SMILES string of the molecule is CCc1ccc(N2C(=O)C(Cc3ccc(Br)cc3)S/C2=C(/C#N)C(=O)NCc2ccco2)cc1. The van der Waals surface area contributed by atoms with Gasteiger partial charge in [0, 0.05) is 10.2 Å². The van der Waals surface area contributed by atoms with E-state index in [9.17, 15) is 14.9 Å². The Morgan fingerprint density at radius 1 is 1.15 bits per heavy atom. The lowest BCUT2D eigenvalue weighted by atomic mass is 10.1. The summed E-state index contributed by atoms with van der Waals surface area (Å²) in [5, 5.41) is 12.5. The first-order valence-electron chi connectivity index (χ1n) is 10.8. The molecule has 172 valence electrons. The van der Waals surface area contributed by atoms with E-state index >= 15 is 0 Å². The van der Waals surface area contributed by atoms with Crippen LogP contribution in [0.15, 0.2) is 86.4 Å². The minimum atomic E-state index is -0.548. The molecule has 1 unspecified atom stereocenters. The summed E-state index contributed by atoms with van der Waals surface area (Å²) in [5.41, 5.74) is 2.67. The van der Waals surface area contributed by atoms with Gasteiger partial charge < -0.3 is 9.73 Å². The van der Waals surface area contributed by atoms with Gasteiger partial charge in [-0.05, 0) is 60.4 Å². The van der Waals surface area contributed by atoms with Crippen molar-refractivity contribution in [2.75, 3.05) is 4.90 Å². The second-order valence-electron chi connectivity index (χ2n) is 7.68. The lowest BCUT2D eigenvalue weighted by Gasteiger charge is -2.19. The standard InChI is InChI=1S/C26H22BrN3O3S/c1-2-17-7-11-20(12-8-17)30-25(32)23(14-18-5-9-19(27)10-6-18)34-26(30)22(15-28)24(31)29-16-21-4-3-13-33-21/h3-13,23H,2,14,16H2,1H3,(H,29,31)/b26-22-. The number of nitriles is 1. The second-order valence-corrected chi connectivity index (χ2v) is 9.79. The fraction of sp³-hybridized carbons (Fsp3) is 0.192. The van der Waals surface area contributed by atoms with Crippen molar-refractivity contribution in [3.63, 3.8) is 0 Å². The maximum absolute atomic E-state index is 13.5. The number of halogens is 1. The van der Waals surface area contributed by atoms with Gasteiger partial charge in [-0.15, -0.1) is 0 Å². The second kappa shape index (κ2) is 10.8. The van der Waals surface area contributed by atoms with Crippen molar-refractivity contribution >= 4 is 45.2 Å². The highest BCUT2D eigenvalue weighted by Crippen LogP contribution is 2.42. The Morgan fingerprint density at radius 3 is 2.47 bits per heavy atom. The van der Waals surface area contributed by atoms with E-state index in [1.807, 2.05) is 54.6 Å². The fourth-order valence-corrected chi connectivity index (χ4v) is 5.18. The van der Waals surface area contributed by atoms with E-state index in [-0.39, 0.29) is 18.0 Å². The van der Waals surface area contributed by atoms with Crippen molar-refractivity contribution in [3.8, 4) is 6.07 Å². The molecule has 1 aliphatic heterocycles. The number of thioether (sulfide) groups is 1. The van der Waals surface area contributed by atoms with E-state index in [0.717, 1.165) is 22.0 Å². The number of hydrogen-bond acceptors (Lipinski definition) is 5. The van der Waals surface area contributed by atoms with Crippen LogP contribution in [-0.4, -0.2) is 17.1 Å². The Labute approximate surface area is 210 Å². The van der Waals surface area contributed by atoms with Crippen LogP contribution in [0.3, 0.4) is 0 Å². The smallest absolute Gasteiger partial charge is 0.265 e. The quantitative estimate of drug-likeness (QED) is 0.325. The number of nitrogens with zero attached hydrogens (tertiary/aromatic N) is 2. The molecule has 0 radical (unpaired) electrons. The van der Waals surface area contributed by atoms with Gasteiger partial charge in [-0.25, -0.2) is 0 Å². The van der Waals surface area contributed by atoms with Gasteiger partial charge in [0.1, 0.15) is 22.4 Å². The average Bonchev–Trinajstić information content (AvgIpc) is 3.48. The molecule has 0 aliphatic carbocycles. The minimum Gasteiger partial charge on any atom is -0.467 e. The normalized spacial score (nSPS) is 16.9.